The maximum absolute atomic E-state index is 5.40. The van der Waals surface area contributed by atoms with Gasteiger partial charge in [-0.3, -0.25) is 0 Å². The average molecular weight is 286 g/mol. The van der Waals surface area contributed by atoms with E-state index in [1.165, 1.54) is 0 Å². The monoisotopic (exact) mass is 286 g/mol. The molecule has 2 N–H and O–H groups in total. The van der Waals surface area contributed by atoms with Crippen LogP contribution in [0.3, 0.4) is 0 Å². The SMILES string of the molecule is COc1ccccc1Nc1nc2c(c(OC)n1)CCNC2. The molecule has 1 aromatic carbocycles. The minimum atomic E-state index is 0.513. The Bertz CT molecular complexity index is 628. The molecule has 6 heteroatoms. The fourth-order valence-corrected chi connectivity index (χ4v) is 2.42. The average Bonchev–Trinajstić information content (AvgIpc) is 2.54. The highest BCUT2D eigenvalue weighted by molar-refractivity contribution is 5.62. The first-order valence-corrected chi connectivity index (χ1v) is 6.86. The van der Waals surface area contributed by atoms with Crippen molar-refractivity contribution in [1.82, 2.24) is 15.3 Å². The molecule has 0 spiro atoms. The zero-order chi connectivity index (χ0) is 14.7. The quantitative estimate of drug-likeness (QED) is 0.894. The highest BCUT2D eigenvalue weighted by Crippen LogP contribution is 2.28. The zero-order valence-electron chi connectivity index (χ0n) is 12.1. The molecule has 0 bridgehead atoms. The Morgan fingerprint density at radius 2 is 2.00 bits per heavy atom. The molecule has 3 rings (SSSR count). The van der Waals surface area contributed by atoms with E-state index in [2.05, 4.69) is 20.6 Å². The summed E-state index contributed by atoms with van der Waals surface area (Å²) in [6.07, 6.45) is 0.882. The van der Waals surface area contributed by atoms with Gasteiger partial charge < -0.3 is 20.1 Å². The standard InChI is InChI=1S/C15H18N4O2/c1-20-13-6-4-3-5-11(13)17-15-18-12-9-16-8-7-10(12)14(19-15)21-2/h3-6,16H,7-9H2,1-2H3,(H,17,18,19). The van der Waals surface area contributed by atoms with Crippen molar-refractivity contribution in [3.8, 4) is 11.6 Å². The van der Waals surface area contributed by atoms with Crippen molar-refractivity contribution < 1.29 is 9.47 Å². The van der Waals surface area contributed by atoms with E-state index in [0.29, 0.717) is 11.8 Å². The lowest BCUT2D eigenvalue weighted by atomic mass is 10.1. The van der Waals surface area contributed by atoms with Crippen LogP contribution in [-0.2, 0) is 13.0 Å². The molecule has 0 unspecified atom stereocenters. The largest absolute Gasteiger partial charge is 0.495 e. The van der Waals surface area contributed by atoms with Crippen molar-refractivity contribution in [3.63, 3.8) is 0 Å². The molecule has 0 aliphatic carbocycles. The number of anilines is 2. The summed E-state index contributed by atoms with van der Waals surface area (Å²) in [4.78, 5) is 9.02. The van der Waals surface area contributed by atoms with Crippen molar-refractivity contribution in [2.75, 3.05) is 26.1 Å². The van der Waals surface area contributed by atoms with Crippen LogP contribution in [0.15, 0.2) is 24.3 Å². The Labute approximate surface area is 123 Å². The summed E-state index contributed by atoms with van der Waals surface area (Å²) in [5.41, 5.74) is 2.89. The van der Waals surface area contributed by atoms with Gasteiger partial charge in [0.25, 0.3) is 0 Å². The Morgan fingerprint density at radius 3 is 2.81 bits per heavy atom. The first kappa shape index (κ1) is 13.6. The van der Waals surface area contributed by atoms with Crippen LogP contribution in [0.2, 0.25) is 0 Å². The fourth-order valence-electron chi connectivity index (χ4n) is 2.42. The van der Waals surface area contributed by atoms with E-state index < -0.39 is 0 Å². The summed E-state index contributed by atoms with van der Waals surface area (Å²) >= 11 is 0. The van der Waals surface area contributed by atoms with E-state index in [4.69, 9.17) is 9.47 Å². The van der Waals surface area contributed by atoms with Gasteiger partial charge in [-0.25, -0.2) is 4.98 Å². The zero-order valence-corrected chi connectivity index (χ0v) is 12.1. The Balaban J connectivity index is 1.95. The third-order valence-corrected chi connectivity index (χ3v) is 3.45. The van der Waals surface area contributed by atoms with Crippen LogP contribution in [0.4, 0.5) is 11.6 Å². The molecule has 1 aromatic heterocycles. The molecule has 0 saturated heterocycles. The van der Waals surface area contributed by atoms with Gasteiger partial charge in [0.05, 0.1) is 25.6 Å². The van der Waals surface area contributed by atoms with Crippen molar-refractivity contribution in [2.45, 2.75) is 13.0 Å². The van der Waals surface area contributed by atoms with E-state index in [9.17, 15) is 0 Å². The summed E-state index contributed by atoms with van der Waals surface area (Å²) in [7, 11) is 3.27. The second kappa shape index (κ2) is 5.97. The maximum atomic E-state index is 5.40. The number of ether oxygens (including phenoxy) is 2. The van der Waals surface area contributed by atoms with E-state index >= 15 is 0 Å². The van der Waals surface area contributed by atoms with Crippen LogP contribution in [0.1, 0.15) is 11.3 Å². The van der Waals surface area contributed by atoms with Gasteiger partial charge in [0, 0.05) is 12.1 Å². The number of aromatic nitrogens is 2. The number of fused-ring (bicyclic) bond motifs is 1. The van der Waals surface area contributed by atoms with Crippen LogP contribution in [0, 0.1) is 0 Å². The molecule has 0 fully saturated rings. The Hall–Kier alpha value is -2.34. The molecule has 1 aliphatic rings. The molecule has 2 heterocycles. The third-order valence-electron chi connectivity index (χ3n) is 3.45. The molecule has 0 atom stereocenters. The van der Waals surface area contributed by atoms with E-state index in [1.807, 2.05) is 24.3 Å². The van der Waals surface area contributed by atoms with Gasteiger partial charge >= 0.3 is 0 Å². The lowest BCUT2D eigenvalue weighted by Crippen LogP contribution is -2.26. The van der Waals surface area contributed by atoms with Crippen LogP contribution in [0.5, 0.6) is 11.6 Å². The number of rotatable bonds is 4. The van der Waals surface area contributed by atoms with E-state index in [-0.39, 0.29) is 0 Å². The molecule has 0 radical (unpaired) electrons. The number of methoxy groups -OCH3 is 2. The van der Waals surface area contributed by atoms with Gasteiger partial charge in [-0.05, 0) is 25.1 Å². The third kappa shape index (κ3) is 2.75. The van der Waals surface area contributed by atoms with Crippen LogP contribution in [0.25, 0.3) is 0 Å². The normalized spacial score (nSPS) is 13.4. The van der Waals surface area contributed by atoms with Crippen molar-refractivity contribution in [2.24, 2.45) is 0 Å². The number of para-hydroxylation sites is 2. The minimum Gasteiger partial charge on any atom is -0.495 e. The highest BCUT2D eigenvalue weighted by atomic mass is 16.5. The summed E-state index contributed by atoms with van der Waals surface area (Å²) in [5, 5.41) is 6.50. The van der Waals surface area contributed by atoms with Gasteiger partial charge in [0.15, 0.2) is 0 Å². The number of hydrogen-bond donors (Lipinski definition) is 2. The van der Waals surface area contributed by atoms with E-state index in [0.717, 1.165) is 42.2 Å². The minimum absolute atomic E-state index is 0.513. The molecular weight excluding hydrogens is 268 g/mol. The van der Waals surface area contributed by atoms with Gasteiger partial charge in [0.1, 0.15) is 5.75 Å². The number of nitrogens with zero attached hydrogens (tertiary/aromatic N) is 2. The first-order valence-electron chi connectivity index (χ1n) is 6.86. The fraction of sp³-hybridized carbons (Fsp3) is 0.333. The smallest absolute Gasteiger partial charge is 0.230 e. The van der Waals surface area contributed by atoms with Crippen molar-refractivity contribution in [3.05, 3.63) is 35.5 Å². The second-order valence-corrected chi connectivity index (χ2v) is 4.73. The van der Waals surface area contributed by atoms with Gasteiger partial charge in [0.2, 0.25) is 11.8 Å². The summed E-state index contributed by atoms with van der Waals surface area (Å²) in [5.74, 6) is 1.90. The molecule has 110 valence electrons. The molecule has 0 amide bonds. The van der Waals surface area contributed by atoms with Gasteiger partial charge in [-0.1, -0.05) is 12.1 Å². The van der Waals surface area contributed by atoms with Crippen molar-refractivity contribution in [1.29, 1.82) is 0 Å². The van der Waals surface area contributed by atoms with Gasteiger partial charge in [-0.2, -0.15) is 4.98 Å². The Morgan fingerprint density at radius 1 is 1.14 bits per heavy atom. The molecule has 2 aromatic rings. The number of benzene rings is 1. The molecule has 6 nitrogen and oxygen atoms in total. The van der Waals surface area contributed by atoms with Crippen LogP contribution in [-0.4, -0.2) is 30.7 Å². The second-order valence-electron chi connectivity index (χ2n) is 4.73. The number of hydrogen-bond acceptors (Lipinski definition) is 6. The summed E-state index contributed by atoms with van der Waals surface area (Å²) in [6.45, 7) is 1.65. The predicted molar refractivity (Wildman–Crippen MR) is 80.3 cm³/mol. The lowest BCUT2D eigenvalue weighted by molar-refractivity contribution is 0.387. The maximum Gasteiger partial charge on any atom is 0.230 e. The molecule has 21 heavy (non-hydrogen) atoms. The first-order chi connectivity index (χ1) is 10.3. The molecule has 0 saturated carbocycles. The molecule has 1 aliphatic heterocycles. The summed E-state index contributed by atoms with van der Waals surface area (Å²) in [6, 6.07) is 7.66. The Kier molecular flexibility index (Phi) is 3.87. The van der Waals surface area contributed by atoms with Crippen LogP contribution >= 0.6 is 0 Å². The lowest BCUT2D eigenvalue weighted by Gasteiger charge is -2.19. The number of nitrogens with one attached hydrogen (secondary N) is 2. The van der Waals surface area contributed by atoms with Crippen molar-refractivity contribution >= 4 is 11.6 Å². The van der Waals surface area contributed by atoms with Gasteiger partial charge in [-0.15, -0.1) is 0 Å². The molecular formula is C15H18N4O2. The van der Waals surface area contributed by atoms with E-state index in [1.54, 1.807) is 14.2 Å². The highest BCUT2D eigenvalue weighted by Gasteiger charge is 2.18. The van der Waals surface area contributed by atoms with Crippen LogP contribution < -0.4 is 20.1 Å². The summed E-state index contributed by atoms with van der Waals surface area (Å²) < 4.78 is 10.7. The predicted octanol–water partition coefficient (Wildman–Crippen LogP) is 1.88. The topological polar surface area (TPSA) is 68.3 Å².